The fourth-order valence-corrected chi connectivity index (χ4v) is 2.17. The first-order valence-electron chi connectivity index (χ1n) is 7.03. The Morgan fingerprint density at radius 2 is 2.09 bits per heavy atom. The van der Waals surface area contributed by atoms with E-state index in [0.29, 0.717) is 22.4 Å². The Morgan fingerprint density at radius 1 is 1.36 bits per heavy atom. The highest BCUT2D eigenvalue weighted by molar-refractivity contribution is 6.31. The zero-order chi connectivity index (χ0) is 16.3. The molecule has 0 unspecified atom stereocenters. The highest BCUT2D eigenvalue weighted by Crippen LogP contribution is 2.31. The molecule has 6 heteroatoms. The number of nitrogens with one attached hydrogen (secondary N) is 1. The second-order valence-corrected chi connectivity index (χ2v) is 5.86. The lowest BCUT2D eigenvalue weighted by Crippen LogP contribution is -2.20. The van der Waals surface area contributed by atoms with Crippen LogP contribution in [0.15, 0.2) is 22.7 Å². The number of nitrogens with zero attached hydrogens (tertiary/aromatic N) is 1. The summed E-state index contributed by atoms with van der Waals surface area (Å²) in [6, 6.07) is 5.38. The van der Waals surface area contributed by atoms with Crippen molar-refractivity contribution in [3.05, 3.63) is 40.1 Å². The quantitative estimate of drug-likeness (QED) is 0.900. The van der Waals surface area contributed by atoms with Gasteiger partial charge < -0.3 is 14.6 Å². The van der Waals surface area contributed by atoms with E-state index in [1.54, 1.807) is 13.0 Å². The summed E-state index contributed by atoms with van der Waals surface area (Å²) in [7, 11) is 0. The van der Waals surface area contributed by atoms with Gasteiger partial charge in [-0.1, -0.05) is 30.6 Å². The lowest BCUT2D eigenvalue weighted by molar-refractivity contribution is -0.118. The Hall–Kier alpha value is -2.01. The van der Waals surface area contributed by atoms with Crippen LogP contribution in [0.3, 0.4) is 0 Å². The summed E-state index contributed by atoms with van der Waals surface area (Å²) < 4.78 is 10.5. The van der Waals surface area contributed by atoms with Gasteiger partial charge in [0.1, 0.15) is 11.5 Å². The topological polar surface area (TPSA) is 64.4 Å². The number of hydrogen-bond donors (Lipinski definition) is 1. The van der Waals surface area contributed by atoms with E-state index in [1.165, 1.54) is 0 Å². The summed E-state index contributed by atoms with van der Waals surface area (Å²) in [5.74, 6) is 1.63. The minimum Gasteiger partial charge on any atom is -0.483 e. The van der Waals surface area contributed by atoms with Crippen molar-refractivity contribution < 1.29 is 14.1 Å². The molecule has 0 atom stereocenters. The SMILES string of the molecule is Cc1cc(NC(=O)COc2cc(C)c(Cl)cc2C(C)C)no1. The summed E-state index contributed by atoms with van der Waals surface area (Å²) >= 11 is 6.15. The molecule has 118 valence electrons. The second kappa shape index (κ2) is 6.83. The first kappa shape index (κ1) is 16.4. The number of carbonyl (C=O) groups excluding carboxylic acids is 1. The van der Waals surface area contributed by atoms with E-state index in [0.717, 1.165) is 11.1 Å². The molecule has 0 saturated carbocycles. The van der Waals surface area contributed by atoms with Crippen LogP contribution < -0.4 is 10.1 Å². The maximum absolute atomic E-state index is 11.9. The number of carbonyl (C=O) groups is 1. The van der Waals surface area contributed by atoms with Crippen molar-refractivity contribution in [2.45, 2.75) is 33.6 Å². The van der Waals surface area contributed by atoms with Crippen LogP contribution in [0.25, 0.3) is 0 Å². The van der Waals surface area contributed by atoms with Crippen molar-refractivity contribution in [2.75, 3.05) is 11.9 Å². The first-order valence-corrected chi connectivity index (χ1v) is 7.40. The van der Waals surface area contributed by atoms with Crippen LogP contribution in [0.4, 0.5) is 5.82 Å². The Morgan fingerprint density at radius 3 is 2.68 bits per heavy atom. The largest absolute Gasteiger partial charge is 0.483 e. The van der Waals surface area contributed by atoms with Crippen LogP contribution in [0.1, 0.15) is 36.7 Å². The number of anilines is 1. The van der Waals surface area contributed by atoms with Crippen LogP contribution in [0.2, 0.25) is 5.02 Å². The number of amides is 1. The van der Waals surface area contributed by atoms with Gasteiger partial charge in [-0.05, 0) is 43.0 Å². The van der Waals surface area contributed by atoms with Crippen LogP contribution >= 0.6 is 11.6 Å². The van der Waals surface area contributed by atoms with Crippen LogP contribution in [0, 0.1) is 13.8 Å². The fourth-order valence-electron chi connectivity index (χ4n) is 1.99. The molecule has 22 heavy (non-hydrogen) atoms. The number of hydrogen-bond acceptors (Lipinski definition) is 4. The van der Waals surface area contributed by atoms with Gasteiger partial charge in [-0.15, -0.1) is 0 Å². The smallest absolute Gasteiger partial charge is 0.263 e. The van der Waals surface area contributed by atoms with Crippen LogP contribution in [0.5, 0.6) is 5.75 Å². The van der Waals surface area contributed by atoms with Crippen molar-refractivity contribution >= 4 is 23.3 Å². The molecule has 0 radical (unpaired) electrons. The number of aromatic nitrogens is 1. The molecule has 2 rings (SSSR count). The Kier molecular flexibility index (Phi) is 5.08. The molecular formula is C16H19ClN2O3. The highest BCUT2D eigenvalue weighted by Gasteiger charge is 2.13. The van der Waals surface area contributed by atoms with E-state index in [9.17, 15) is 4.79 Å². The summed E-state index contributed by atoms with van der Waals surface area (Å²) in [5, 5.41) is 7.01. The first-order chi connectivity index (χ1) is 10.4. The Bertz CT molecular complexity index is 680. The molecular weight excluding hydrogens is 304 g/mol. The van der Waals surface area contributed by atoms with E-state index in [4.69, 9.17) is 20.9 Å². The molecule has 2 aromatic rings. The number of rotatable bonds is 5. The van der Waals surface area contributed by atoms with Gasteiger partial charge in [0, 0.05) is 11.1 Å². The molecule has 0 aliphatic heterocycles. The molecule has 1 N–H and O–H groups in total. The van der Waals surface area contributed by atoms with E-state index in [-0.39, 0.29) is 18.4 Å². The lowest BCUT2D eigenvalue weighted by Gasteiger charge is -2.15. The minimum atomic E-state index is -0.296. The third-order valence-electron chi connectivity index (χ3n) is 3.17. The number of aryl methyl sites for hydroxylation is 2. The average Bonchev–Trinajstić information content (AvgIpc) is 2.84. The normalized spacial score (nSPS) is 10.8. The van der Waals surface area contributed by atoms with Gasteiger partial charge in [0.25, 0.3) is 5.91 Å². The third kappa shape index (κ3) is 4.01. The molecule has 0 spiro atoms. The van der Waals surface area contributed by atoms with Crippen molar-refractivity contribution in [1.82, 2.24) is 5.16 Å². The summed E-state index contributed by atoms with van der Waals surface area (Å²) in [5.41, 5.74) is 1.88. The van der Waals surface area contributed by atoms with Crippen molar-refractivity contribution in [1.29, 1.82) is 0 Å². The average molecular weight is 323 g/mol. The fraction of sp³-hybridized carbons (Fsp3) is 0.375. The van der Waals surface area contributed by atoms with Crippen LogP contribution in [-0.4, -0.2) is 17.7 Å². The summed E-state index contributed by atoms with van der Waals surface area (Å²) in [6.45, 7) is 7.65. The Labute approximate surface area is 134 Å². The summed E-state index contributed by atoms with van der Waals surface area (Å²) in [4.78, 5) is 11.9. The molecule has 0 aliphatic carbocycles. The third-order valence-corrected chi connectivity index (χ3v) is 3.57. The molecule has 1 amide bonds. The highest BCUT2D eigenvalue weighted by atomic mass is 35.5. The lowest BCUT2D eigenvalue weighted by atomic mass is 10.0. The van der Waals surface area contributed by atoms with Gasteiger partial charge in [-0.2, -0.15) is 0 Å². The maximum atomic E-state index is 11.9. The van der Waals surface area contributed by atoms with Gasteiger partial charge in [0.2, 0.25) is 0 Å². The van der Waals surface area contributed by atoms with Gasteiger partial charge >= 0.3 is 0 Å². The van der Waals surface area contributed by atoms with E-state index in [1.807, 2.05) is 32.9 Å². The molecule has 0 saturated heterocycles. The van der Waals surface area contributed by atoms with Crippen LogP contribution in [-0.2, 0) is 4.79 Å². The molecule has 0 aliphatic rings. The van der Waals surface area contributed by atoms with Crippen molar-refractivity contribution in [3.8, 4) is 5.75 Å². The molecule has 5 nitrogen and oxygen atoms in total. The van der Waals surface area contributed by atoms with E-state index in [2.05, 4.69) is 10.5 Å². The van der Waals surface area contributed by atoms with Gasteiger partial charge in [0.05, 0.1) is 0 Å². The van der Waals surface area contributed by atoms with E-state index >= 15 is 0 Å². The predicted molar refractivity (Wildman–Crippen MR) is 85.6 cm³/mol. The zero-order valence-electron chi connectivity index (χ0n) is 13.1. The summed E-state index contributed by atoms with van der Waals surface area (Å²) in [6.07, 6.45) is 0. The molecule has 1 heterocycles. The Balaban J connectivity index is 2.04. The molecule has 1 aromatic heterocycles. The standard InChI is InChI=1S/C16H19ClN2O3/c1-9(2)12-7-13(17)10(3)5-14(12)21-8-16(20)18-15-6-11(4)22-19-15/h5-7,9H,8H2,1-4H3,(H,18,19,20). The number of ether oxygens (including phenoxy) is 1. The minimum absolute atomic E-state index is 0.104. The monoisotopic (exact) mass is 322 g/mol. The van der Waals surface area contributed by atoms with Gasteiger partial charge in [-0.3, -0.25) is 4.79 Å². The second-order valence-electron chi connectivity index (χ2n) is 5.45. The zero-order valence-corrected chi connectivity index (χ0v) is 13.8. The predicted octanol–water partition coefficient (Wildman–Crippen LogP) is 4.09. The molecule has 0 fully saturated rings. The molecule has 1 aromatic carbocycles. The van der Waals surface area contributed by atoms with Gasteiger partial charge in [0.15, 0.2) is 12.4 Å². The number of benzene rings is 1. The van der Waals surface area contributed by atoms with E-state index < -0.39 is 0 Å². The van der Waals surface area contributed by atoms with Gasteiger partial charge in [-0.25, -0.2) is 0 Å². The van der Waals surface area contributed by atoms with Crippen molar-refractivity contribution in [3.63, 3.8) is 0 Å². The maximum Gasteiger partial charge on any atom is 0.263 e. The molecule has 0 bridgehead atoms. The van der Waals surface area contributed by atoms with Crippen molar-refractivity contribution in [2.24, 2.45) is 0 Å². The number of halogens is 1.